The van der Waals surface area contributed by atoms with E-state index in [-0.39, 0.29) is 22.2 Å². The Balaban J connectivity index is 1.99. The molecule has 38 heavy (non-hydrogen) atoms. The number of imide groups is 3. The first-order valence-corrected chi connectivity index (χ1v) is 12.8. The maximum absolute atomic E-state index is 13.7. The maximum atomic E-state index is 13.7. The van der Waals surface area contributed by atoms with E-state index < -0.39 is 27.6 Å². The topological polar surface area (TPSA) is 80.3 Å². The summed E-state index contributed by atoms with van der Waals surface area (Å²) in [5, 5.41) is 3.22. The van der Waals surface area contributed by atoms with Gasteiger partial charge < -0.3 is 5.32 Å². The van der Waals surface area contributed by atoms with Gasteiger partial charge in [0.1, 0.15) is 0 Å². The molecule has 8 heteroatoms. The van der Waals surface area contributed by atoms with E-state index >= 15 is 0 Å². The van der Waals surface area contributed by atoms with Gasteiger partial charge in [0.05, 0.1) is 24.4 Å². The third-order valence-electron chi connectivity index (χ3n) is 6.65. The molecule has 198 valence electrons. The first-order valence-electron chi connectivity index (χ1n) is 12.1. The van der Waals surface area contributed by atoms with Crippen molar-refractivity contribution in [3.63, 3.8) is 0 Å². The molecule has 0 unspecified atom stereocenters. The lowest BCUT2D eigenvalue weighted by molar-refractivity contribution is -0.137. The summed E-state index contributed by atoms with van der Waals surface area (Å²) in [5.74, 6) is -2.49. The molecule has 0 aliphatic carbocycles. The predicted molar refractivity (Wildman–Crippen MR) is 152 cm³/mol. The molecule has 0 heterocycles. The zero-order valence-electron chi connectivity index (χ0n) is 22.3. The van der Waals surface area contributed by atoms with Gasteiger partial charge in [-0.25, -0.2) is 14.4 Å². The Kier molecular flexibility index (Phi) is 8.62. The highest BCUT2D eigenvalue weighted by atomic mass is 35.5. The van der Waals surface area contributed by atoms with Gasteiger partial charge in [0, 0.05) is 28.3 Å². The molecule has 0 aliphatic rings. The maximum Gasteiger partial charge on any atom is 0.367 e. The van der Waals surface area contributed by atoms with E-state index in [2.05, 4.69) is 11.4 Å². The van der Waals surface area contributed by atoms with Gasteiger partial charge in [-0.1, -0.05) is 71.4 Å². The molecule has 0 radical (unpaired) electrons. The highest BCUT2D eigenvalue weighted by molar-refractivity contribution is 6.39. The van der Waals surface area contributed by atoms with E-state index in [4.69, 9.17) is 23.2 Å². The van der Waals surface area contributed by atoms with Gasteiger partial charge in [-0.2, -0.15) is 0 Å². The van der Waals surface area contributed by atoms with Crippen molar-refractivity contribution in [2.24, 2.45) is 5.41 Å². The van der Waals surface area contributed by atoms with Gasteiger partial charge in [-0.3, -0.25) is 4.79 Å². The Bertz CT molecular complexity index is 1430. The van der Waals surface area contributed by atoms with Gasteiger partial charge in [0.15, 0.2) is 5.69 Å². The van der Waals surface area contributed by atoms with Gasteiger partial charge >= 0.3 is 17.7 Å². The van der Waals surface area contributed by atoms with E-state index in [1.807, 2.05) is 39.8 Å². The zero-order chi connectivity index (χ0) is 28.4. The molecule has 0 atom stereocenters. The molecule has 0 fully saturated rings. The average Bonchev–Trinajstić information content (AvgIpc) is 2.81. The fourth-order valence-electron chi connectivity index (χ4n) is 4.53. The third kappa shape index (κ3) is 5.73. The van der Waals surface area contributed by atoms with Crippen molar-refractivity contribution in [1.82, 2.24) is 4.48 Å². The second-order valence-electron chi connectivity index (χ2n) is 10.1. The van der Waals surface area contributed by atoms with Gasteiger partial charge in [0.25, 0.3) is 0 Å². The van der Waals surface area contributed by atoms with Crippen molar-refractivity contribution in [2.75, 3.05) is 5.32 Å². The quantitative estimate of drug-likeness (QED) is 0.331. The summed E-state index contributed by atoms with van der Waals surface area (Å²) >= 11 is 12.2. The zero-order valence-corrected chi connectivity index (χ0v) is 23.8. The van der Waals surface area contributed by atoms with Crippen LogP contribution in [-0.4, -0.2) is 23.6 Å². The molecule has 0 saturated heterocycles. The predicted octanol–water partition coefficient (Wildman–Crippen LogP) is 7.06. The van der Waals surface area contributed by atoms with Crippen LogP contribution in [0.25, 0.3) is 0 Å². The van der Waals surface area contributed by atoms with Gasteiger partial charge in [0.2, 0.25) is 5.91 Å². The molecule has 0 aliphatic heterocycles. The summed E-state index contributed by atoms with van der Waals surface area (Å²) in [5.41, 5.74) is 2.97. The van der Waals surface area contributed by atoms with Crippen LogP contribution >= 0.6 is 23.2 Å². The molecule has 4 amide bonds. The number of hydrogen-bond acceptors (Lipinski definition) is 4. The number of amides is 4. The monoisotopic (exact) mass is 553 g/mol. The fourth-order valence-corrected chi connectivity index (χ4v) is 5.01. The van der Waals surface area contributed by atoms with Crippen LogP contribution in [0.4, 0.5) is 11.4 Å². The first-order chi connectivity index (χ1) is 17.7. The molecule has 0 saturated carbocycles. The van der Waals surface area contributed by atoms with Crippen LogP contribution in [-0.2, 0) is 20.8 Å². The summed E-state index contributed by atoms with van der Waals surface area (Å²) in [7, 11) is 0. The van der Waals surface area contributed by atoms with E-state index in [1.54, 1.807) is 12.1 Å². The normalized spacial score (nSPS) is 11.7. The minimum Gasteiger partial charge on any atom is -0.325 e. The number of halogens is 2. The van der Waals surface area contributed by atoms with Crippen molar-refractivity contribution in [3.05, 3.63) is 93.0 Å². The number of anilines is 1. The van der Waals surface area contributed by atoms with E-state index in [1.165, 1.54) is 44.2 Å². The summed E-state index contributed by atoms with van der Waals surface area (Å²) in [6, 6.07) is 16.5. The Labute approximate surface area is 233 Å². The number of rotatable bonds is 6. The molecule has 3 aromatic rings. The third-order valence-corrected chi connectivity index (χ3v) is 7.20. The Hall–Kier alpha value is -3.32. The molecule has 0 bridgehead atoms. The molecule has 6 nitrogen and oxygen atoms in total. The largest absolute Gasteiger partial charge is 0.367 e. The van der Waals surface area contributed by atoms with Crippen molar-refractivity contribution in [2.45, 2.75) is 48.0 Å². The lowest BCUT2D eigenvalue weighted by Crippen LogP contribution is -2.61. The Morgan fingerprint density at radius 2 is 1.53 bits per heavy atom. The van der Waals surface area contributed by atoms with Gasteiger partial charge in [-0.05, 0) is 55.7 Å². The van der Waals surface area contributed by atoms with Crippen molar-refractivity contribution in [3.8, 4) is 0 Å². The number of hydrogen-bond donors (Lipinski definition) is 1. The lowest BCUT2D eigenvalue weighted by atomic mass is 9.83. The fraction of sp³-hybridized carbons (Fsp3) is 0.267. The van der Waals surface area contributed by atoms with E-state index in [9.17, 15) is 19.2 Å². The molecule has 3 aromatic carbocycles. The summed E-state index contributed by atoms with van der Waals surface area (Å²) < 4.78 is -1.24. The average molecular weight is 554 g/mol. The summed E-state index contributed by atoms with van der Waals surface area (Å²) in [6.45, 7) is 10.1. The van der Waals surface area contributed by atoms with Crippen molar-refractivity contribution >= 4 is 58.2 Å². The number of quaternary nitrogens is 1. The summed E-state index contributed by atoms with van der Waals surface area (Å²) in [6.07, 6.45) is 0.513. The van der Waals surface area contributed by atoms with Crippen LogP contribution in [0.15, 0.2) is 60.7 Å². The number of carbonyl (C=O) groups excluding carboxylic acids is 4. The SMILES string of the molecule is CC(=O)[N+](C(C)=O)(C(=O)c1ccc(Cl)cc1Cl)c1cccc(NC(=O)C(C)(C)Cc2ccc(C)cc2C)c1. The van der Waals surface area contributed by atoms with Gasteiger partial charge in [-0.15, -0.1) is 0 Å². The first kappa shape index (κ1) is 29.2. The van der Waals surface area contributed by atoms with E-state index in [0.29, 0.717) is 17.1 Å². The number of aryl methyl sites for hydroxylation is 2. The number of nitrogens with zero attached hydrogens (tertiary/aromatic N) is 1. The second-order valence-corrected chi connectivity index (χ2v) is 11.0. The van der Waals surface area contributed by atoms with Crippen LogP contribution in [0.3, 0.4) is 0 Å². The van der Waals surface area contributed by atoms with E-state index in [0.717, 1.165) is 16.7 Å². The molecular weight excluding hydrogens is 523 g/mol. The standard InChI is InChI=1S/C30H30Cl2N2O4/c1-18-10-11-22(19(2)14-18)17-30(5,6)29(38)33-24-8-7-9-25(16-24)34(20(3)35,21(4)36)28(37)26-13-12-23(31)15-27(26)32/h7-16H,17H2,1-6H3/p+1. The van der Waals surface area contributed by atoms with Crippen LogP contribution < -0.4 is 9.80 Å². The van der Waals surface area contributed by atoms with Crippen LogP contribution in [0.2, 0.25) is 10.0 Å². The molecule has 3 rings (SSSR count). The Morgan fingerprint density at radius 3 is 2.11 bits per heavy atom. The molecular formula is C30H31Cl2N2O4+. The molecule has 1 N–H and O–H groups in total. The molecule has 0 spiro atoms. The lowest BCUT2D eigenvalue weighted by Gasteiger charge is -2.29. The minimum absolute atomic E-state index is 0.0186. The number of nitrogens with one attached hydrogen (secondary N) is 1. The van der Waals surface area contributed by atoms with Crippen LogP contribution in [0.1, 0.15) is 54.7 Å². The second kappa shape index (κ2) is 11.2. The highest BCUT2D eigenvalue weighted by Gasteiger charge is 2.51. The smallest absolute Gasteiger partial charge is 0.325 e. The van der Waals surface area contributed by atoms with Crippen molar-refractivity contribution in [1.29, 1.82) is 0 Å². The highest BCUT2D eigenvalue weighted by Crippen LogP contribution is 2.34. The van der Waals surface area contributed by atoms with Crippen LogP contribution in [0, 0.1) is 19.3 Å². The molecule has 0 aromatic heterocycles. The minimum atomic E-state index is -1.24. The number of benzene rings is 3. The van der Waals surface area contributed by atoms with Crippen LogP contribution in [0.5, 0.6) is 0 Å². The van der Waals surface area contributed by atoms with Crippen molar-refractivity contribution < 1.29 is 19.2 Å². The Morgan fingerprint density at radius 1 is 0.868 bits per heavy atom. The number of carbonyl (C=O) groups is 4. The summed E-state index contributed by atoms with van der Waals surface area (Å²) in [4.78, 5) is 53.1.